The third-order valence-corrected chi connectivity index (χ3v) is 19.5. The number of hydrogen-bond donors (Lipinski definition) is 4. The molecule has 88 heavy (non-hydrogen) atoms. The first-order chi connectivity index (χ1) is 41.4. The van der Waals surface area contributed by atoms with Crippen LogP contribution in [0.3, 0.4) is 0 Å². The van der Waals surface area contributed by atoms with Gasteiger partial charge >= 0.3 is 23.9 Å². The molecule has 2 saturated carbocycles. The van der Waals surface area contributed by atoms with Crippen LogP contribution in [0, 0.1) is 47.3 Å². The minimum Gasteiger partial charge on any atom is -0.458 e. The van der Waals surface area contributed by atoms with Gasteiger partial charge < -0.3 is 39.1 Å². The van der Waals surface area contributed by atoms with Gasteiger partial charge in [0.05, 0.1) is 36.0 Å². The first kappa shape index (κ1) is 68.0. The van der Waals surface area contributed by atoms with Crippen molar-refractivity contribution in [1.29, 1.82) is 0 Å². The fourth-order valence-corrected chi connectivity index (χ4v) is 13.8. The second kappa shape index (κ2) is 28.9. The molecule has 4 heterocycles. The Kier molecular flexibility index (Phi) is 22.4. The number of nitrogens with zero attached hydrogens (tertiary/aromatic N) is 6. The normalized spacial score (nSPS) is 23.6. The molecule has 480 valence electrons. The second-order valence-electron chi connectivity index (χ2n) is 24.8. The standard InChI is InChI=1S/C60H78Br2N8O16S2/c1-31(2)21-45(63-53-51(61)57(73)85-59(53)83-47-23-35(9)11-19-43(47)33(5)6)55(71)81-29-39-27-69(67-65-39)41-17-15-37(49(25-41)87(75,76)77)13-14-38-16-18-42(26-50(38)88(78,79)80)70-28-40(66-68-70)30-82-56(72)46(22-32(3)4)64-54-52(62)58(74)86-60(54)84-48-24-36(10)12-20-44(48)34(7)8/h13-18,25-28,31-36,43-48,59-60,63-64H,11-12,19-24,29-30H2,1-10H3,(H,75,76,77)(H,78,79,80)/b14-13+/t35-,36-,43+,44+,45+,46+,47-,48-,59+,60+/m1/s1. The Bertz CT molecular complexity index is 3320. The van der Waals surface area contributed by atoms with E-state index >= 15 is 0 Å². The molecule has 2 aliphatic heterocycles. The fraction of sp³-hybridized carbons (Fsp3) is 0.567. The molecule has 2 aliphatic carbocycles. The van der Waals surface area contributed by atoms with E-state index in [2.05, 4.69) is 105 Å². The Hall–Kier alpha value is -5.88. The monoisotopic (exact) mass is 1390 g/mol. The van der Waals surface area contributed by atoms with Gasteiger partial charge in [-0.3, -0.25) is 9.11 Å². The number of ether oxygens (including phenoxy) is 6. The van der Waals surface area contributed by atoms with Gasteiger partial charge in [-0.15, -0.1) is 10.2 Å². The van der Waals surface area contributed by atoms with E-state index < -0.39 is 78.6 Å². The minimum atomic E-state index is -4.95. The van der Waals surface area contributed by atoms with Gasteiger partial charge in [-0.2, -0.15) is 16.8 Å². The van der Waals surface area contributed by atoms with Crippen LogP contribution < -0.4 is 10.6 Å². The highest BCUT2D eigenvalue weighted by atomic mass is 79.9. The molecule has 2 aromatic heterocycles. The van der Waals surface area contributed by atoms with Crippen LogP contribution in [0.2, 0.25) is 0 Å². The molecule has 0 radical (unpaired) electrons. The topological polar surface area (TPSA) is 318 Å². The van der Waals surface area contributed by atoms with Gasteiger partial charge in [0.1, 0.15) is 66.8 Å². The summed E-state index contributed by atoms with van der Waals surface area (Å²) in [4.78, 5) is 52.1. The van der Waals surface area contributed by atoms with Crippen LogP contribution in [0.5, 0.6) is 0 Å². The van der Waals surface area contributed by atoms with Crippen molar-refractivity contribution >= 4 is 88.1 Å². The Morgan fingerprint density at radius 3 is 1.35 bits per heavy atom. The lowest BCUT2D eigenvalue weighted by Crippen LogP contribution is -2.43. The molecule has 4 aromatic rings. The van der Waals surface area contributed by atoms with Crippen LogP contribution in [-0.4, -0.2) is 117 Å². The van der Waals surface area contributed by atoms with Crippen LogP contribution in [0.25, 0.3) is 23.5 Å². The van der Waals surface area contributed by atoms with Crippen molar-refractivity contribution < 1.29 is 73.5 Å². The SMILES string of the molecule is CC(C)C[C@H](NC1=C(Br)C(=O)O[C@@H]1O[C@@H]1C[C@H](C)CC[C@H]1C(C)C)C(=O)OCc1cn(-c2ccc(/C=C/c3ccc(-n4cc(COC(=O)[C@H](CC(C)C)NC5=C(Br)C(=O)O[C@@H]5O[C@@H]5C[C@H](C)CC[C@H]5C(C)C)nn4)cc3S(=O)(=O)O)c(S(=O)(=O)O)c2)nn1. The molecule has 0 spiro atoms. The number of cyclic esters (lactones) is 2. The third-order valence-electron chi connectivity index (χ3n) is 16.2. The predicted octanol–water partition coefficient (Wildman–Crippen LogP) is 9.54. The van der Waals surface area contributed by atoms with Crippen LogP contribution in [0.15, 0.2) is 78.9 Å². The quantitative estimate of drug-likeness (QED) is 0.0197. The maximum absolute atomic E-state index is 13.8. The Labute approximate surface area is 530 Å². The van der Waals surface area contributed by atoms with E-state index in [1.165, 1.54) is 58.2 Å². The van der Waals surface area contributed by atoms with E-state index in [1.807, 2.05) is 27.7 Å². The van der Waals surface area contributed by atoms with Gasteiger partial charge in [0.25, 0.3) is 20.2 Å². The summed E-state index contributed by atoms with van der Waals surface area (Å²) in [6.07, 6.45) is 9.12. The van der Waals surface area contributed by atoms with Gasteiger partial charge in [-0.05, 0) is 153 Å². The molecule has 4 aliphatic rings. The Balaban J connectivity index is 0.917. The first-order valence-corrected chi connectivity index (χ1v) is 34.0. The number of hydrogen-bond acceptors (Lipinski definition) is 20. The number of esters is 4. The molecule has 0 saturated heterocycles. The molecule has 2 aromatic carbocycles. The molecule has 10 atom stereocenters. The predicted molar refractivity (Wildman–Crippen MR) is 328 cm³/mol. The molecule has 8 rings (SSSR count). The molecule has 0 amide bonds. The third kappa shape index (κ3) is 17.1. The van der Waals surface area contributed by atoms with E-state index in [-0.39, 0.29) is 103 Å². The number of carbonyl (C=O) groups is 4. The highest BCUT2D eigenvalue weighted by molar-refractivity contribution is 9.12. The summed E-state index contributed by atoms with van der Waals surface area (Å²) in [5.74, 6) is -0.484. The molecule has 4 N–H and O–H groups in total. The summed E-state index contributed by atoms with van der Waals surface area (Å²) in [7, 11) is -9.89. The van der Waals surface area contributed by atoms with Crippen molar-refractivity contribution in [2.45, 2.75) is 180 Å². The van der Waals surface area contributed by atoms with Crippen LogP contribution in [0.1, 0.15) is 143 Å². The van der Waals surface area contributed by atoms with E-state index in [0.717, 1.165) is 50.7 Å². The van der Waals surface area contributed by atoms with Crippen molar-refractivity contribution in [3.8, 4) is 11.4 Å². The molecule has 24 nitrogen and oxygen atoms in total. The van der Waals surface area contributed by atoms with Gasteiger partial charge in [0.15, 0.2) is 0 Å². The average molecular weight is 1390 g/mol. The summed E-state index contributed by atoms with van der Waals surface area (Å²) >= 11 is 6.69. The molecule has 0 bridgehead atoms. The van der Waals surface area contributed by atoms with Crippen LogP contribution in [-0.2, 0) is 81.0 Å². The van der Waals surface area contributed by atoms with Crippen molar-refractivity contribution in [2.24, 2.45) is 47.3 Å². The number of rotatable bonds is 26. The lowest BCUT2D eigenvalue weighted by atomic mass is 9.75. The smallest absolute Gasteiger partial charge is 0.349 e. The first-order valence-electron chi connectivity index (χ1n) is 29.6. The van der Waals surface area contributed by atoms with E-state index in [1.54, 1.807) is 0 Å². The summed E-state index contributed by atoms with van der Waals surface area (Å²) in [5.41, 5.74) is 1.02. The van der Waals surface area contributed by atoms with Crippen LogP contribution in [0.4, 0.5) is 0 Å². The Morgan fingerprint density at radius 2 is 1.01 bits per heavy atom. The van der Waals surface area contributed by atoms with Crippen molar-refractivity contribution in [3.05, 3.63) is 91.7 Å². The highest BCUT2D eigenvalue weighted by Crippen LogP contribution is 2.40. The largest absolute Gasteiger partial charge is 0.458 e. The minimum absolute atomic E-state index is 0.0128. The number of carbonyl (C=O) groups excluding carboxylic acids is 4. The molecular weight excluding hydrogens is 1310 g/mol. The zero-order valence-corrected chi connectivity index (χ0v) is 55.6. The number of benzene rings is 2. The van der Waals surface area contributed by atoms with E-state index in [4.69, 9.17) is 28.4 Å². The van der Waals surface area contributed by atoms with Gasteiger partial charge in [-0.1, -0.05) is 117 Å². The number of aromatic nitrogens is 6. The molecular formula is C60H78Br2N8O16S2. The summed E-state index contributed by atoms with van der Waals surface area (Å²) < 4.78 is 111. The molecule has 2 fully saturated rings. The average Bonchev–Trinajstić information content (AvgIpc) is 2.81. The lowest BCUT2D eigenvalue weighted by Gasteiger charge is -2.38. The number of nitrogens with one attached hydrogen (secondary N) is 2. The van der Waals surface area contributed by atoms with Crippen LogP contribution >= 0.6 is 31.9 Å². The summed E-state index contributed by atoms with van der Waals surface area (Å²) in [6.45, 7) is 20.0. The van der Waals surface area contributed by atoms with Crippen molar-refractivity contribution in [1.82, 2.24) is 40.6 Å². The van der Waals surface area contributed by atoms with Gasteiger partial charge in [0, 0.05) is 0 Å². The lowest BCUT2D eigenvalue weighted by molar-refractivity contribution is -0.183. The van der Waals surface area contributed by atoms with Crippen molar-refractivity contribution in [2.75, 3.05) is 0 Å². The van der Waals surface area contributed by atoms with E-state index in [9.17, 15) is 45.1 Å². The highest BCUT2D eigenvalue weighted by Gasteiger charge is 2.43. The maximum atomic E-state index is 13.8. The zero-order chi connectivity index (χ0) is 64.1. The number of halogens is 2. The van der Waals surface area contributed by atoms with Gasteiger partial charge in [0.2, 0.25) is 12.6 Å². The Morgan fingerprint density at radius 1 is 0.636 bits per heavy atom. The zero-order valence-electron chi connectivity index (χ0n) is 50.8. The van der Waals surface area contributed by atoms with E-state index in [0.29, 0.717) is 36.5 Å². The molecule has 0 unspecified atom stereocenters. The summed E-state index contributed by atoms with van der Waals surface area (Å²) in [5, 5.41) is 22.7. The molecule has 28 heteroatoms. The summed E-state index contributed by atoms with van der Waals surface area (Å²) in [6, 6.07) is 5.92. The van der Waals surface area contributed by atoms with Crippen molar-refractivity contribution in [3.63, 3.8) is 0 Å². The second-order valence-corrected chi connectivity index (χ2v) is 29.2. The van der Waals surface area contributed by atoms with Gasteiger partial charge in [-0.25, -0.2) is 28.5 Å². The maximum Gasteiger partial charge on any atom is 0.349 e. The fourth-order valence-electron chi connectivity index (χ4n) is 11.6.